The van der Waals surface area contributed by atoms with Crippen LogP contribution in [-0.4, -0.2) is 31.7 Å². The third-order valence-corrected chi connectivity index (χ3v) is 2.44. The van der Waals surface area contributed by atoms with Gasteiger partial charge in [-0.25, -0.2) is 15.0 Å². The molecule has 2 N–H and O–H groups in total. The van der Waals surface area contributed by atoms with E-state index < -0.39 is 0 Å². The van der Waals surface area contributed by atoms with Gasteiger partial charge in [-0.15, -0.1) is 0 Å². The first-order valence-corrected chi connectivity index (χ1v) is 4.85. The zero-order valence-corrected chi connectivity index (χ0v) is 8.06. The number of nitrogens with one attached hydrogen (secondary N) is 2. The fourth-order valence-electron chi connectivity index (χ4n) is 1.66. The first-order valence-electron chi connectivity index (χ1n) is 4.85. The number of aromatic nitrogens is 5. The van der Waals surface area contributed by atoms with Gasteiger partial charge in [0, 0.05) is 31.3 Å². The van der Waals surface area contributed by atoms with E-state index >= 15 is 0 Å². The Hall–Kier alpha value is -1.82. The smallest absolute Gasteiger partial charge is 0.197 e. The average Bonchev–Trinajstić information content (AvgIpc) is 2.82. The fraction of sp³-hybridized carbons (Fsp3) is 0.333. The molecular weight excluding hydrogens is 192 g/mol. The Balaban J connectivity index is 2.04. The molecule has 3 rings (SSSR count). The van der Waals surface area contributed by atoms with E-state index in [0.717, 1.165) is 25.2 Å². The molecule has 0 aliphatic carbocycles. The lowest BCUT2D eigenvalue weighted by molar-refractivity contribution is 0.626. The van der Waals surface area contributed by atoms with Crippen molar-refractivity contribution >= 4 is 0 Å². The van der Waals surface area contributed by atoms with Gasteiger partial charge < -0.3 is 5.32 Å². The molecule has 2 aromatic heterocycles. The summed E-state index contributed by atoms with van der Waals surface area (Å²) in [6, 6.07) is 0. The summed E-state index contributed by atoms with van der Waals surface area (Å²) in [6.45, 7) is 1.83. The number of H-pyrrole nitrogens is 1. The van der Waals surface area contributed by atoms with Gasteiger partial charge in [0.2, 0.25) is 0 Å². The van der Waals surface area contributed by atoms with Crippen molar-refractivity contribution in [1.29, 1.82) is 0 Å². The minimum absolute atomic E-state index is 0.619. The van der Waals surface area contributed by atoms with Crippen molar-refractivity contribution < 1.29 is 0 Å². The molecular formula is C9H10N6. The SMILES string of the molecule is c1n[nH]c(-c2ncc3c(n2)CCNC3)n1. The first-order chi connectivity index (χ1) is 7.43. The molecule has 0 unspecified atom stereocenters. The summed E-state index contributed by atoms with van der Waals surface area (Å²) in [6.07, 6.45) is 4.25. The summed E-state index contributed by atoms with van der Waals surface area (Å²) in [5, 5.41) is 9.82. The molecule has 0 saturated carbocycles. The minimum atomic E-state index is 0.619. The molecule has 6 nitrogen and oxygen atoms in total. The van der Waals surface area contributed by atoms with Crippen molar-refractivity contribution in [3.05, 3.63) is 23.8 Å². The van der Waals surface area contributed by atoms with Crippen molar-refractivity contribution in [3.63, 3.8) is 0 Å². The topological polar surface area (TPSA) is 79.4 Å². The molecule has 0 bridgehead atoms. The molecule has 3 heterocycles. The van der Waals surface area contributed by atoms with Gasteiger partial charge in [0.15, 0.2) is 11.6 Å². The highest BCUT2D eigenvalue weighted by Crippen LogP contribution is 2.14. The Labute approximate surface area is 86.2 Å². The van der Waals surface area contributed by atoms with Crippen LogP contribution < -0.4 is 5.32 Å². The number of rotatable bonds is 1. The monoisotopic (exact) mass is 202 g/mol. The van der Waals surface area contributed by atoms with Crippen LogP contribution in [0.3, 0.4) is 0 Å². The Kier molecular flexibility index (Phi) is 1.92. The standard InChI is InChI=1S/C9H10N6/c1-2-10-3-6-4-11-8(14-7(1)6)9-12-5-13-15-9/h4-5,10H,1-3H2,(H,12,13,15). The number of hydrogen-bond donors (Lipinski definition) is 2. The highest BCUT2D eigenvalue weighted by atomic mass is 15.2. The van der Waals surface area contributed by atoms with Crippen LogP contribution in [0.5, 0.6) is 0 Å². The molecule has 0 spiro atoms. The van der Waals surface area contributed by atoms with E-state index in [4.69, 9.17) is 0 Å². The van der Waals surface area contributed by atoms with Crippen molar-refractivity contribution in [2.45, 2.75) is 13.0 Å². The van der Waals surface area contributed by atoms with Crippen LogP contribution >= 0.6 is 0 Å². The third-order valence-electron chi connectivity index (χ3n) is 2.44. The second kappa shape index (κ2) is 3.39. The van der Waals surface area contributed by atoms with E-state index in [9.17, 15) is 0 Å². The van der Waals surface area contributed by atoms with E-state index in [-0.39, 0.29) is 0 Å². The Morgan fingerprint density at radius 3 is 3.13 bits per heavy atom. The molecule has 0 saturated heterocycles. The average molecular weight is 202 g/mol. The molecule has 0 aromatic carbocycles. The highest BCUT2D eigenvalue weighted by molar-refractivity contribution is 5.42. The molecule has 2 aromatic rings. The fourth-order valence-corrected chi connectivity index (χ4v) is 1.66. The lowest BCUT2D eigenvalue weighted by Crippen LogP contribution is -2.25. The van der Waals surface area contributed by atoms with E-state index in [2.05, 4.69) is 30.5 Å². The maximum absolute atomic E-state index is 4.47. The van der Waals surface area contributed by atoms with Crippen LogP contribution in [0.15, 0.2) is 12.5 Å². The third kappa shape index (κ3) is 1.48. The van der Waals surface area contributed by atoms with Crippen LogP contribution in [0.25, 0.3) is 11.6 Å². The van der Waals surface area contributed by atoms with Crippen molar-refractivity contribution in [2.24, 2.45) is 0 Å². The molecule has 0 amide bonds. The predicted octanol–water partition coefficient (Wildman–Crippen LogP) is -0.0926. The Bertz CT molecular complexity index is 463. The maximum atomic E-state index is 4.47. The molecule has 1 aliphatic heterocycles. The van der Waals surface area contributed by atoms with Gasteiger partial charge >= 0.3 is 0 Å². The van der Waals surface area contributed by atoms with E-state index in [1.165, 1.54) is 11.9 Å². The van der Waals surface area contributed by atoms with Gasteiger partial charge in [-0.2, -0.15) is 5.10 Å². The minimum Gasteiger partial charge on any atom is -0.312 e. The van der Waals surface area contributed by atoms with Crippen LogP contribution in [0.2, 0.25) is 0 Å². The Morgan fingerprint density at radius 2 is 2.27 bits per heavy atom. The van der Waals surface area contributed by atoms with E-state index in [1.807, 2.05) is 6.20 Å². The van der Waals surface area contributed by atoms with Crippen LogP contribution in [-0.2, 0) is 13.0 Å². The van der Waals surface area contributed by atoms with Crippen LogP contribution in [0.4, 0.5) is 0 Å². The lowest BCUT2D eigenvalue weighted by Gasteiger charge is -2.15. The van der Waals surface area contributed by atoms with Gasteiger partial charge in [0.1, 0.15) is 6.33 Å². The van der Waals surface area contributed by atoms with Crippen LogP contribution in [0, 0.1) is 0 Å². The second-order valence-electron chi connectivity index (χ2n) is 3.43. The van der Waals surface area contributed by atoms with Gasteiger partial charge in [-0.05, 0) is 0 Å². The van der Waals surface area contributed by atoms with E-state index in [0.29, 0.717) is 11.6 Å². The molecule has 0 radical (unpaired) electrons. The number of fused-ring (bicyclic) bond motifs is 1. The summed E-state index contributed by atoms with van der Waals surface area (Å²) in [7, 11) is 0. The van der Waals surface area contributed by atoms with Gasteiger partial charge in [-0.3, -0.25) is 5.10 Å². The predicted molar refractivity (Wildman–Crippen MR) is 52.8 cm³/mol. The summed E-state index contributed by atoms with van der Waals surface area (Å²) in [5.74, 6) is 1.24. The number of nitrogens with zero attached hydrogens (tertiary/aromatic N) is 4. The molecule has 0 atom stereocenters. The first kappa shape index (κ1) is 8.49. The molecule has 76 valence electrons. The van der Waals surface area contributed by atoms with Gasteiger partial charge in [0.25, 0.3) is 0 Å². The zero-order chi connectivity index (χ0) is 10.1. The number of hydrogen-bond acceptors (Lipinski definition) is 5. The Morgan fingerprint density at radius 1 is 1.27 bits per heavy atom. The molecule has 6 heteroatoms. The lowest BCUT2D eigenvalue weighted by atomic mass is 10.1. The summed E-state index contributed by atoms with van der Waals surface area (Å²) >= 11 is 0. The summed E-state index contributed by atoms with van der Waals surface area (Å²) in [4.78, 5) is 12.7. The van der Waals surface area contributed by atoms with Gasteiger partial charge in [-0.1, -0.05) is 0 Å². The van der Waals surface area contributed by atoms with Crippen molar-refractivity contribution in [2.75, 3.05) is 6.54 Å². The van der Waals surface area contributed by atoms with E-state index in [1.54, 1.807) is 0 Å². The zero-order valence-electron chi connectivity index (χ0n) is 8.06. The quantitative estimate of drug-likeness (QED) is 0.675. The van der Waals surface area contributed by atoms with Gasteiger partial charge in [0.05, 0.1) is 5.69 Å². The summed E-state index contributed by atoms with van der Waals surface area (Å²) < 4.78 is 0. The highest BCUT2D eigenvalue weighted by Gasteiger charge is 2.13. The van der Waals surface area contributed by atoms with Crippen LogP contribution in [0.1, 0.15) is 11.3 Å². The normalized spacial score (nSPS) is 14.9. The maximum Gasteiger partial charge on any atom is 0.197 e. The molecule has 1 aliphatic rings. The van der Waals surface area contributed by atoms with Crippen molar-refractivity contribution in [3.8, 4) is 11.6 Å². The summed E-state index contributed by atoms with van der Waals surface area (Å²) in [5.41, 5.74) is 2.28. The largest absolute Gasteiger partial charge is 0.312 e. The second-order valence-corrected chi connectivity index (χ2v) is 3.43. The molecule has 0 fully saturated rings. The number of aromatic amines is 1. The molecule has 15 heavy (non-hydrogen) atoms. The van der Waals surface area contributed by atoms with Crippen molar-refractivity contribution in [1.82, 2.24) is 30.5 Å².